The van der Waals surface area contributed by atoms with E-state index in [-0.39, 0.29) is 11.7 Å². The number of aromatic nitrogens is 2. The molecule has 1 saturated heterocycles. The number of halogens is 1. The largest absolute Gasteiger partial charge is 0.369 e. The van der Waals surface area contributed by atoms with Crippen molar-refractivity contribution in [1.29, 1.82) is 0 Å². The second-order valence-electron chi connectivity index (χ2n) is 7.52. The second-order valence-corrected chi connectivity index (χ2v) is 7.96. The molecule has 29 heavy (non-hydrogen) atoms. The number of carbonyl (C=O) groups excluding carboxylic acids is 2. The quantitative estimate of drug-likeness (QED) is 0.830. The van der Waals surface area contributed by atoms with Crippen molar-refractivity contribution in [2.24, 2.45) is 0 Å². The molecule has 1 fully saturated rings. The minimum absolute atomic E-state index is 0.0965. The lowest BCUT2D eigenvalue weighted by atomic mass is 9.94. The summed E-state index contributed by atoms with van der Waals surface area (Å²) < 4.78 is 0. The number of nitrogens with one attached hydrogen (secondary N) is 1. The molecule has 0 atom stereocenters. The molecule has 0 radical (unpaired) electrons. The summed E-state index contributed by atoms with van der Waals surface area (Å²) in [6, 6.07) is 7.83. The highest BCUT2D eigenvalue weighted by Crippen LogP contribution is 2.23. The van der Waals surface area contributed by atoms with Crippen LogP contribution in [0.3, 0.4) is 0 Å². The van der Waals surface area contributed by atoms with Crippen molar-refractivity contribution in [3.8, 4) is 0 Å². The van der Waals surface area contributed by atoms with Crippen molar-refractivity contribution in [3.05, 3.63) is 46.2 Å². The number of piperazine rings is 1. The molecule has 152 valence electrons. The lowest BCUT2D eigenvalue weighted by Crippen LogP contribution is -2.48. The van der Waals surface area contributed by atoms with Gasteiger partial charge in [-0.1, -0.05) is 17.7 Å². The smallest absolute Gasteiger partial charge is 0.240 e. The number of anilines is 2. The Balaban J connectivity index is 1.33. The fourth-order valence-electron chi connectivity index (χ4n) is 3.98. The number of rotatable bonds is 4. The van der Waals surface area contributed by atoms with Gasteiger partial charge in [0.25, 0.3) is 0 Å². The Hall–Kier alpha value is -2.51. The maximum atomic E-state index is 12.5. The zero-order valence-electron chi connectivity index (χ0n) is 16.4. The number of nitrogens with zero attached hydrogens (tertiary/aromatic N) is 4. The van der Waals surface area contributed by atoms with E-state index in [4.69, 9.17) is 11.6 Å². The molecular weight excluding hydrogens is 390 g/mol. The number of ketones is 1. The molecule has 2 heterocycles. The van der Waals surface area contributed by atoms with Crippen molar-refractivity contribution in [3.63, 3.8) is 0 Å². The molecular formula is C21H24ClN5O2. The normalized spacial score (nSPS) is 17.2. The third-order valence-electron chi connectivity index (χ3n) is 5.43. The standard InChI is InChI=1S/C21H24ClN5O2/c1-14-20-17(6-3-7-18(20)28)24-21(23-14)25-19(29)13-26-8-10-27(11-9-26)16-5-2-4-15(22)12-16/h2,4-5,12H,3,6-11,13H2,1H3,(H,23,24,25,29). The van der Waals surface area contributed by atoms with Gasteiger partial charge < -0.3 is 4.90 Å². The molecule has 0 spiro atoms. The molecule has 1 aliphatic carbocycles. The van der Waals surface area contributed by atoms with Crippen LogP contribution in [0.1, 0.15) is 34.6 Å². The molecule has 7 nitrogen and oxygen atoms in total. The zero-order chi connectivity index (χ0) is 20.4. The van der Waals surface area contributed by atoms with Crippen molar-refractivity contribution >= 4 is 34.9 Å². The van der Waals surface area contributed by atoms with Gasteiger partial charge in [-0.15, -0.1) is 0 Å². The van der Waals surface area contributed by atoms with Crippen LogP contribution in [0.15, 0.2) is 24.3 Å². The van der Waals surface area contributed by atoms with Gasteiger partial charge in [0.2, 0.25) is 11.9 Å². The average molecular weight is 414 g/mol. The summed E-state index contributed by atoms with van der Waals surface area (Å²) in [5, 5.41) is 3.53. The molecule has 0 bridgehead atoms. The number of benzene rings is 1. The molecule has 0 unspecified atom stereocenters. The summed E-state index contributed by atoms with van der Waals surface area (Å²) >= 11 is 6.08. The van der Waals surface area contributed by atoms with Crippen molar-refractivity contribution in [2.45, 2.75) is 26.2 Å². The van der Waals surface area contributed by atoms with Crippen LogP contribution in [0.5, 0.6) is 0 Å². The molecule has 4 rings (SSSR count). The van der Waals surface area contributed by atoms with Gasteiger partial charge in [0.1, 0.15) is 0 Å². The van der Waals surface area contributed by atoms with Gasteiger partial charge in [0.05, 0.1) is 23.5 Å². The van der Waals surface area contributed by atoms with Crippen molar-refractivity contribution in [2.75, 3.05) is 42.9 Å². The third kappa shape index (κ3) is 4.57. The van der Waals surface area contributed by atoms with Crippen LogP contribution in [0.4, 0.5) is 11.6 Å². The molecule has 2 aromatic rings. The lowest BCUT2D eigenvalue weighted by molar-refractivity contribution is -0.117. The highest BCUT2D eigenvalue weighted by molar-refractivity contribution is 6.30. The van der Waals surface area contributed by atoms with E-state index in [0.717, 1.165) is 55.4 Å². The highest BCUT2D eigenvalue weighted by Gasteiger charge is 2.24. The Morgan fingerprint density at radius 2 is 1.97 bits per heavy atom. The summed E-state index contributed by atoms with van der Waals surface area (Å²) in [5.74, 6) is 0.250. The Morgan fingerprint density at radius 1 is 1.17 bits per heavy atom. The highest BCUT2D eigenvalue weighted by atomic mass is 35.5. The van der Waals surface area contributed by atoms with E-state index in [1.807, 2.05) is 18.2 Å². The molecule has 1 aromatic carbocycles. The maximum absolute atomic E-state index is 12.5. The molecule has 2 aliphatic rings. The molecule has 1 aromatic heterocycles. The zero-order valence-corrected chi connectivity index (χ0v) is 17.2. The Kier molecular flexibility index (Phi) is 5.78. The van der Waals surface area contributed by atoms with E-state index in [9.17, 15) is 9.59 Å². The van der Waals surface area contributed by atoms with Gasteiger partial charge in [-0.2, -0.15) is 0 Å². The van der Waals surface area contributed by atoms with Crippen LogP contribution in [0.2, 0.25) is 5.02 Å². The SMILES string of the molecule is Cc1nc(NC(=O)CN2CCN(c3cccc(Cl)c3)CC2)nc2c1C(=O)CCC2. The van der Waals surface area contributed by atoms with Crippen LogP contribution < -0.4 is 10.2 Å². The van der Waals surface area contributed by atoms with Crippen molar-refractivity contribution in [1.82, 2.24) is 14.9 Å². The Labute approximate surface area is 175 Å². The first-order chi connectivity index (χ1) is 14.0. The fraction of sp³-hybridized carbons (Fsp3) is 0.429. The maximum Gasteiger partial charge on any atom is 0.240 e. The number of amides is 1. The molecule has 1 amide bonds. The number of hydrogen-bond donors (Lipinski definition) is 1. The fourth-order valence-corrected chi connectivity index (χ4v) is 4.16. The van der Waals surface area contributed by atoms with Crippen LogP contribution in [0, 0.1) is 6.92 Å². The summed E-state index contributed by atoms with van der Waals surface area (Å²) in [6.07, 6.45) is 2.09. The third-order valence-corrected chi connectivity index (χ3v) is 5.66. The summed E-state index contributed by atoms with van der Waals surface area (Å²) in [7, 11) is 0. The van der Waals surface area contributed by atoms with Gasteiger partial charge in [-0.3, -0.25) is 19.8 Å². The van der Waals surface area contributed by atoms with E-state index < -0.39 is 0 Å². The minimum Gasteiger partial charge on any atom is -0.369 e. The first kappa shape index (κ1) is 19.8. The van der Waals surface area contributed by atoms with Gasteiger partial charge >= 0.3 is 0 Å². The van der Waals surface area contributed by atoms with Crippen LogP contribution in [-0.2, 0) is 11.2 Å². The predicted octanol–water partition coefficient (Wildman–Crippen LogP) is 2.72. The van der Waals surface area contributed by atoms with E-state index in [0.29, 0.717) is 30.2 Å². The van der Waals surface area contributed by atoms with Crippen LogP contribution in [0.25, 0.3) is 0 Å². The van der Waals surface area contributed by atoms with E-state index in [1.54, 1.807) is 6.92 Å². The number of aryl methyl sites for hydroxylation is 2. The summed E-state index contributed by atoms with van der Waals surface area (Å²) in [5.41, 5.74) is 3.13. The second kappa shape index (κ2) is 8.47. The Morgan fingerprint density at radius 3 is 2.72 bits per heavy atom. The predicted molar refractivity (Wildman–Crippen MR) is 113 cm³/mol. The van der Waals surface area contributed by atoms with Crippen LogP contribution in [-0.4, -0.2) is 59.3 Å². The average Bonchev–Trinajstić information content (AvgIpc) is 2.68. The monoisotopic (exact) mass is 413 g/mol. The summed E-state index contributed by atoms with van der Waals surface area (Å²) in [6.45, 7) is 5.35. The van der Waals surface area contributed by atoms with Gasteiger partial charge in [-0.05, 0) is 38.0 Å². The lowest BCUT2D eigenvalue weighted by Gasteiger charge is -2.35. The summed E-state index contributed by atoms with van der Waals surface area (Å²) in [4.78, 5) is 37.7. The van der Waals surface area contributed by atoms with Crippen molar-refractivity contribution < 1.29 is 9.59 Å². The van der Waals surface area contributed by atoms with Gasteiger partial charge in [0, 0.05) is 43.3 Å². The number of hydrogen-bond acceptors (Lipinski definition) is 6. The topological polar surface area (TPSA) is 78.4 Å². The number of fused-ring (bicyclic) bond motifs is 1. The van der Waals surface area contributed by atoms with E-state index in [1.165, 1.54) is 0 Å². The molecule has 1 N–H and O–H groups in total. The number of Topliss-reactive ketones (excluding diaryl/α,β-unsaturated/α-hetero) is 1. The van der Waals surface area contributed by atoms with E-state index in [2.05, 4.69) is 31.2 Å². The first-order valence-electron chi connectivity index (χ1n) is 9.93. The van der Waals surface area contributed by atoms with Gasteiger partial charge in [-0.25, -0.2) is 9.97 Å². The molecule has 8 heteroatoms. The number of carbonyl (C=O) groups is 2. The van der Waals surface area contributed by atoms with E-state index >= 15 is 0 Å². The molecule has 0 saturated carbocycles. The minimum atomic E-state index is -0.136. The van der Waals surface area contributed by atoms with Gasteiger partial charge in [0.15, 0.2) is 5.78 Å². The first-order valence-corrected chi connectivity index (χ1v) is 10.3. The molecule has 1 aliphatic heterocycles. The Bertz CT molecular complexity index is 941. The van der Waals surface area contributed by atoms with Crippen LogP contribution >= 0.6 is 11.6 Å².